The second-order valence-electron chi connectivity index (χ2n) is 4.46. The Kier molecular flexibility index (Phi) is 6.63. The van der Waals surface area contributed by atoms with Crippen molar-refractivity contribution in [2.24, 2.45) is 5.73 Å². The van der Waals surface area contributed by atoms with Crippen LogP contribution in [0, 0.1) is 0 Å². The topological polar surface area (TPSA) is 29.3 Å². The maximum absolute atomic E-state index is 5.67. The predicted octanol–water partition coefficient (Wildman–Crippen LogP) is 2.72. The molecular weight excluding hydrogens is 228 g/mol. The lowest BCUT2D eigenvalue weighted by Crippen LogP contribution is -2.32. The summed E-state index contributed by atoms with van der Waals surface area (Å²) >= 11 is 1.92. The highest BCUT2D eigenvalue weighted by Crippen LogP contribution is 2.13. The quantitative estimate of drug-likeness (QED) is 0.809. The van der Waals surface area contributed by atoms with E-state index in [1.54, 1.807) is 0 Å². The third-order valence-electron chi connectivity index (χ3n) is 3.11. The van der Waals surface area contributed by atoms with Crippen LogP contribution in [0.25, 0.3) is 0 Å². The summed E-state index contributed by atoms with van der Waals surface area (Å²) in [7, 11) is 2.21. The van der Waals surface area contributed by atoms with Gasteiger partial charge in [0.2, 0.25) is 0 Å². The summed E-state index contributed by atoms with van der Waals surface area (Å²) in [6, 6.07) is 9.24. The number of benzene rings is 1. The molecule has 0 amide bonds. The molecular formula is C14H24N2S. The molecule has 17 heavy (non-hydrogen) atoms. The van der Waals surface area contributed by atoms with Gasteiger partial charge in [-0.25, -0.2) is 0 Å². The van der Waals surface area contributed by atoms with Gasteiger partial charge in [-0.15, -0.1) is 0 Å². The molecule has 0 spiro atoms. The molecule has 1 rings (SSSR count). The van der Waals surface area contributed by atoms with Crippen LogP contribution < -0.4 is 5.73 Å². The lowest BCUT2D eigenvalue weighted by Gasteiger charge is -2.26. The van der Waals surface area contributed by atoms with Crippen LogP contribution >= 0.6 is 11.8 Å². The van der Waals surface area contributed by atoms with Gasteiger partial charge >= 0.3 is 0 Å². The number of hydrogen-bond acceptors (Lipinski definition) is 3. The van der Waals surface area contributed by atoms with Crippen LogP contribution in [0.4, 0.5) is 0 Å². The first-order valence-corrected chi connectivity index (χ1v) is 7.57. The van der Waals surface area contributed by atoms with E-state index in [-0.39, 0.29) is 0 Å². The number of nitrogens with two attached hydrogens (primary N) is 1. The summed E-state index contributed by atoms with van der Waals surface area (Å²) < 4.78 is 0. The van der Waals surface area contributed by atoms with Crippen LogP contribution in [0.1, 0.15) is 24.5 Å². The predicted molar refractivity (Wildman–Crippen MR) is 78.3 cm³/mol. The van der Waals surface area contributed by atoms with Gasteiger partial charge in [0.15, 0.2) is 0 Å². The first-order valence-electron chi connectivity index (χ1n) is 6.18. The maximum Gasteiger partial charge on any atom is 0.0234 e. The van der Waals surface area contributed by atoms with E-state index in [1.165, 1.54) is 23.3 Å². The average Bonchev–Trinajstić information content (AvgIpc) is 2.36. The highest BCUT2D eigenvalue weighted by atomic mass is 32.2. The van der Waals surface area contributed by atoms with Crippen LogP contribution in [0.5, 0.6) is 0 Å². The van der Waals surface area contributed by atoms with E-state index in [1.807, 2.05) is 11.8 Å². The summed E-state index contributed by atoms with van der Waals surface area (Å²) in [5, 5.41) is 0. The Balaban J connectivity index is 2.62. The normalized spacial score (nSPS) is 13.0. The lowest BCUT2D eigenvalue weighted by atomic mass is 10.1. The highest BCUT2D eigenvalue weighted by Gasteiger charge is 2.12. The van der Waals surface area contributed by atoms with Crippen LogP contribution in [-0.2, 0) is 13.1 Å². The zero-order chi connectivity index (χ0) is 12.7. The number of rotatable bonds is 7. The second kappa shape index (κ2) is 7.75. The van der Waals surface area contributed by atoms with Gasteiger partial charge in [0.1, 0.15) is 0 Å². The molecule has 1 unspecified atom stereocenters. The fraction of sp³-hybridized carbons (Fsp3) is 0.571. The molecule has 0 saturated carbocycles. The average molecular weight is 252 g/mol. The summed E-state index contributed by atoms with van der Waals surface area (Å²) in [4.78, 5) is 2.44. The molecule has 0 bridgehead atoms. The molecule has 0 aliphatic rings. The molecule has 1 atom stereocenters. The van der Waals surface area contributed by atoms with Gasteiger partial charge in [-0.05, 0) is 30.9 Å². The van der Waals surface area contributed by atoms with Crippen molar-refractivity contribution in [2.75, 3.05) is 19.1 Å². The molecule has 96 valence electrons. The van der Waals surface area contributed by atoms with Gasteiger partial charge in [-0.2, -0.15) is 11.8 Å². The van der Waals surface area contributed by atoms with Crippen LogP contribution in [0.3, 0.4) is 0 Å². The highest BCUT2D eigenvalue weighted by molar-refractivity contribution is 7.98. The maximum atomic E-state index is 5.67. The molecule has 0 aliphatic heterocycles. The van der Waals surface area contributed by atoms with E-state index in [4.69, 9.17) is 5.73 Å². The van der Waals surface area contributed by atoms with E-state index in [2.05, 4.69) is 49.4 Å². The van der Waals surface area contributed by atoms with E-state index >= 15 is 0 Å². The largest absolute Gasteiger partial charge is 0.326 e. The molecule has 0 heterocycles. The first-order chi connectivity index (χ1) is 8.21. The summed E-state index contributed by atoms with van der Waals surface area (Å²) in [6.45, 7) is 3.89. The Bertz CT molecular complexity index is 328. The van der Waals surface area contributed by atoms with Crippen molar-refractivity contribution in [3.63, 3.8) is 0 Å². The van der Waals surface area contributed by atoms with Crippen LogP contribution in [0.2, 0.25) is 0 Å². The minimum Gasteiger partial charge on any atom is -0.326 e. The van der Waals surface area contributed by atoms with Crippen LogP contribution in [-0.4, -0.2) is 30.0 Å². The van der Waals surface area contributed by atoms with Gasteiger partial charge in [-0.3, -0.25) is 4.90 Å². The third-order valence-corrected chi connectivity index (χ3v) is 3.83. The molecule has 2 N–H and O–H groups in total. The van der Waals surface area contributed by atoms with E-state index in [0.29, 0.717) is 12.6 Å². The van der Waals surface area contributed by atoms with Crippen molar-refractivity contribution < 1.29 is 0 Å². The second-order valence-corrected chi connectivity index (χ2v) is 5.37. The summed E-state index contributed by atoms with van der Waals surface area (Å²) in [5.74, 6) is 1.20. The molecule has 1 aromatic rings. The summed E-state index contributed by atoms with van der Waals surface area (Å²) in [5.41, 5.74) is 8.24. The minimum absolute atomic E-state index is 0.625. The number of nitrogens with zero attached hydrogens (tertiary/aromatic N) is 1. The SMILES string of the molecule is CCC(CSC)N(C)Cc1cccc(CN)c1. The zero-order valence-electron chi connectivity index (χ0n) is 11.1. The van der Waals surface area contributed by atoms with Crippen molar-refractivity contribution in [3.8, 4) is 0 Å². The van der Waals surface area contributed by atoms with Crippen molar-refractivity contribution in [2.45, 2.75) is 32.5 Å². The Labute approximate surface area is 110 Å². The Morgan fingerprint density at radius 3 is 2.65 bits per heavy atom. The zero-order valence-corrected chi connectivity index (χ0v) is 12.0. The fourth-order valence-corrected chi connectivity index (χ4v) is 2.90. The summed E-state index contributed by atoms with van der Waals surface area (Å²) in [6.07, 6.45) is 3.37. The molecule has 0 aliphatic carbocycles. The fourth-order valence-electron chi connectivity index (χ4n) is 2.02. The Hall–Kier alpha value is -0.510. The molecule has 3 heteroatoms. The van der Waals surface area contributed by atoms with Gasteiger partial charge in [0.05, 0.1) is 0 Å². The van der Waals surface area contributed by atoms with Crippen LogP contribution in [0.15, 0.2) is 24.3 Å². The molecule has 1 aromatic carbocycles. The van der Waals surface area contributed by atoms with Gasteiger partial charge < -0.3 is 5.73 Å². The Morgan fingerprint density at radius 1 is 1.35 bits per heavy atom. The standard InChI is InChI=1S/C14H24N2S/c1-4-14(11-17-3)16(2)10-13-7-5-6-12(8-13)9-15/h5-8,14H,4,9-11,15H2,1-3H3. The monoisotopic (exact) mass is 252 g/mol. The molecule has 0 fully saturated rings. The van der Waals surface area contributed by atoms with Crippen molar-refractivity contribution in [1.82, 2.24) is 4.90 Å². The lowest BCUT2D eigenvalue weighted by molar-refractivity contribution is 0.248. The number of thioether (sulfide) groups is 1. The van der Waals surface area contributed by atoms with Gasteiger partial charge in [0, 0.05) is 24.9 Å². The smallest absolute Gasteiger partial charge is 0.0234 e. The van der Waals surface area contributed by atoms with E-state index in [9.17, 15) is 0 Å². The van der Waals surface area contributed by atoms with Crippen molar-refractivity contribution >= 4 is 11.8 Å². The van der Waals surface area contributed by atoms with Gasteiger partial charge in [-0.1, -0.05) is 31.2 Å². The Morgan fingerprint density at radius 2 is 2.06 bits per heavy atom. The molecule has 2 nitrogen and oxygen atoms in total. The number of hydrogen-bond donors (Lipinski definition) is 1. The first kappa shape index (κ1) is 14.6. The van der Waals surface area contributed by atoms with Crippen molar-refractivity contribution in [1.29, 1.82) is 0 Å². The van der Waals surface area contributed by atoms with E-state index < -0.39 is 0 Å². The van der Waals surface area contributed by atoms with E-state index in [0.717, 1.165) is 6.54 Å². The third kappa shape index (κ3) is 4.70. The van der Waals surface area contributed by atoms with Gasteiger partial charge in [0.25, 0.3) is 0 Å². The molecule has 0 radical (unpaired) electrons. The van der Waals surface area contributed by atoms with Crippen molar-refractivity contribution in [3.05, 3.63) is 35.4 Å². The molecule has 0 aromatic heterocycles. The molecule has 0 saturated heterocycles. The minimum atomic E-state index is 0.625.